The van der Waals surface area contributed by atoms with Gasteiger partial charge in [-0.05, 0) is 24.7 Å². The van der Waals surface area contributed by atoms with Gasteiger partial charge in [-0.3, -0.25) is 10.4 Å². The molecule has 1 aromatic heterocycles. The van der Waals surface area contributed by atoms with E-state index in [1.54, 1.807) is 31.6 Å². The number of nitrogens with two attached hydrogens (primary N) is 1. The molecule has 7 heteroatoms. The monoisotopic (exact) mass is 260 g/mol. The Labute approximate surface area is 103 Å². The molecule has 1 aromatic rings. The zero-order valence-electron chi connectivity index (χ0n) is 9.91. The number of hydrogen-bond donors (Lipinski definition) is 2. The fourth-order valence-electron chi connectivity index (χ4n) is 1.55. The molecule has 0 aliphatic rings. The van der Waals surface area contributed by atoms with E-state index in [0.717, 1.165) is 5.56 Å². The van der Waals surface area contributed by atoms with Gasteiger partial charge in [0.1, 0.15) is 11.8 Å². The van der Waals surface area contributed by atoms with E-state index in [2.05, 4.69) is 4.98 Å². The fourth-order valence-corrected chi connectivity index (χ4v) is 1.55. The molecule has 1 heterocycles. The molecule has 1 atom stereocenters. The summed E-state index contributed by atoms with van der Waals surface area (Å²) in [7, 11) is 1.56. The third-order valence-corrected chi connectivity index (χ3v) is 2.47. The van der Waals surface area contributed by atoms with Crippen LogP contribution in [0.1, 0.15) is 5.56 Å². The number of halogens is 3. The standard InChI is InChI=1S/C11H15F3N4/c1-18(6-8-2-4-17-5-3-8)7-9(10(15)16)11(12,13)14/h2-5,9H,6-7H2,1H3,(H3,15,16). The average molecular weight is 260 g/mol. The van der Waals surface area contributed by atoms with Crippen LogP contribution >= 0.6 is 0 Å². The molecule has 0 fully saturated rings. The lowest BCUT2D eigenvalue weighted by molar-refractivity contribution is -0.159. The molecule has 100 valence electrons. The van der Waals surface area contributed by atoms with Crippen LogP contribution in [-0.2, 0) is 6.54 Å². The van der Waals surface area contributed by atoms with Crippen molar-refractivity contribution in [2.45, 2.75) is 12.7 Å². The summed E-state index contributed by atoms with van der Waals surface area (Å²) in [5, 5.41) is 7.00. The van der Waals surface area contributed by atoms with Gasteiger partial charge >= 0.3 is 6.18 Å². The number of nitrogens with one attached hydrogen (secondary N) is 1. The van der Waals surface area contributed by atoms with Gasteiger partial charge < -0.3 is 10.6 Å². The highest BCUT2D eigenvalue weighted by atomic mass is 19.4. The number of nitrogens with zero attached hydrogens (tertiary/aromatic N) is 2. The lowest BCUT2D eigenvalue weighted by atomic mass is 10.1. The molecule has 0 amide bonds. The van der Waals surface area contributed by atoms with Gasteiger partial charge in [-0.15, -0.1) is 0 Å². The Hall–Kier alpha value is -1.63. The zero-order valence-corrected chi connectivity index (χ0v) is 9.91. The molecule has 0 bridgehead atoms. The van der Waals surface area contributed by atoms with Crippen molar-refractivity contribution in [3.05, 3.63) is 30.1 Å². The highest BCUT2D eigenvalue weighted by Crippen LogP contribution is 2.26. The maximum absolute atomic E-state index is 12.6. The third kappa shape index (κ3) is 4.33. The number of pyridine rings is 1. The van der Waals surface area contributed by atoms with E-state index in [0.29, 0.717) is 6.54 Å². The quantitative estimate of drug-likeness (QED) is 0.624. The van der Waals surface area contributed by atoms with Crippen molar-refractivity contribution in [3.8, 4) is 0 Å². The van der Waals surface area contributed by atoms with Crippen molar-refractivity contribution >= 4 is 5.84 Å². The van der Waals surface area contributed by atoms with Gasteiger partial charge in [-0.1, -0.05) is 0 Å². The van der Waals surface area contributed by atoms with Crippen LogP contribution < -0.4 is 5.73 Å². The van der Waals surface area contributed by atoms with Gasteiger partial charge in [0.15, 0.2) is 0 Å². The first-order valence-corrected chi connectivity index (χ1v) is 5.28. The van der Waals surface area contributed by atoms with Crippen molar-refractivity contribution < 1.29 is 13.2 Å². The molecule has 0 spiro atoms. The highest BCUT2D eigenvalue weighted by Gasteiger charge is 2.42. The molecule has 0 radical (unpaired) electrons. The topological polar surface area (TPSA) is 66.0 Å². The van der Waals surface area contributed by atoms with Crippen LogP contribution in [0.15, 0.2) is 24.5 Å². The van der Waals surface area contributed by atoms with E-state index in [1.807, 2.05) is 0 Å². The summed E-state index contributed by atoms with van der Waals surface area (Å²) in [6.07, 6.45) is -1.33. The first kappa shape index (κ1) is 14.4. The number of aromatic nitrogens is 1. The summed E-state index contributed by atoms with van der Waals surface area (Å²) in [5.74, 6) is -2.78. The minimum atomic E-state index is -4.49. The molecule has 3 N–H and O–H groups in total. The van der Waals surface area contributed by atoms with Crippen LogP contribution in [0.5, 0.6) is 0 Å². The second kappa shape index (κ2) is 5.81. The maximum Gasteiger partial charge on any atom is 0.399 e. The summed E-state index contributed by atoms with van der Waals surface area (Å²) < 4.78 is 37.8. The van der Waals surface area contributed by atoms with E-state index in [1.165, 1.54) is 4.90 Å². The maximum atomic E-state index is 12.6. The van der Waals surface area contributed by atoms with Crippen LogP contribution in [0, 0.1) is 11.3 Å². The minimum absolute atomic E-state index is 0.332. The lowest BCUT2D eigenvalue weighted by Gasteiger charge is -2.25. The van der Waals surface area contributed by atoms with E-state index in [4.69, 9.17) is 11.1 Å². The SMILES string of the molecule is CN(Cc1ccncc1)CC(C(=N)N)C(F)(F)F. The summed E-state index contributed by atoms with van der Waals surface area (Å²) in [6, 6.07) is 3.46. The Morgan fingerprint density at radius 1 is 1.44 bits per heavy atom. The molecular formula is C11H15F3N4. The Bertz CT molecular complexity index is 391. The van der Waals surface area contributed by atoms with Crippen LogP contribution in [0.25, 0.3) is 0 Å². The first-order valence-electron chi connectivity index (χ1n) is 5.28. The van der Waals surface area contributed by atoms with Crippen LogP contribution in [0.4, 0.5) is 13.2 Å². The Morgan fingerprint density at radius 3 is 2.44 bits per heavy atom. The second-order valence-electron chi connectivity index (χ2n) is 4.10. The molecular weight excluding hydrogens is 245 g/mol. The minimum Gasteiger partial charge on any atom is -0.387 e. The van der Waals surface area contributed by atoms with E-state index in [-0.39, 0.29) is 6.54 Å². The number of hydrogen-bond acceptors (Lipinski definition) is 3. The normalized spacial score (nSPS) is 13.6. The molecule has 0 aliphatic heterocycles. The Balaban J connectivity index is 2.63. The van der Waals surface area contributed by atoms with E-state index >= 15 is 0 Å². The van der Waals surface area contributed by atoms with Crippen molar-refractivity contribution in [3.63, 3.8) is 0 Å². The number of alkyl halides is 3. The highest BCUT2D eigenvalue weighted by molar-refractivity contribution is 5.80. The summed E-state index contributed by atoms with van der Waals surface area (Å²) >= 11 is 0. The largest absolute Gasteiger partial charge is 0.399 e. The summed E-state index contributed by atoms with van der Waals surface area (Å²) in [6.45, 7) is 0.0174. The number of rotatable bonds is 5. The summed E-state index contributed by atoms with van der Waals surface area (Å²) in [5.41, 5.74) is 5.85. The molecule has 1 rings (SSSR count). The first-order chi connectivity index (χ1) is 8.30. The predicted molar refractivity (Wildman–Crippen MR) is 62.0 cm³/mol. The van der Waals surface area contributed by atoms with E-state index < -0.39 is 17.9 Å². The number of amidine groups is 1. The Kier molecular flexibility index (Phi) is 4.66. The van der Waals surface area contributed by atoms with Crippen molar-refractivity contribution in [1.82, 2.24) is 9.88 Å². The van der Waals surface area contributed by atoms with Crippen LogP contribution in [-0.4, -0.2) is 35.5 Å². The van der Waals surface area contributed by atoms with Gasteiger partial charge in [0.05, 0.1) is 0 Å². The summed E-state index contributed by atoms with van der Waals surface area (Å²) in [4.78, 5) is 5.31. The van der Waals surface area contributed by atoms with Gasteiger partial charge in [0.25, 0.3) is 0 Å². The molecule has 1 unspecified atom stereocenters. The predicted octanol–water partition coefficient (Wildman–Crippen LogP) is 1.63. The Morgan fingerprint density at radius 2 is 2.00 bits per heavy atom. The van der Waals surface area contributed by atoms with Gasteiger partial charge in [-0.25, -0.2) is 0 Å². The van der Waals surface area contributed by atoms with Crippen LogP contribution in [0.2, 0.25) is 0 Å². The van der Waals surface area contributed by atoms with Crippen molar-refractivity contribution in [2.75, 3.05) is 13.6 Å². The van der Waals surface area contributed by atoms with Gasteiger partial charge in [0.2, 0.25) is 0 Å². The molecule has 0 saturated carbocycles. The fraction of sp³-hybridized carbons (Fsp3) is 0.455. The van der Waals surface area contributed by atoms with Gasteiger partial charge in [-0.2, -0.15) is 13.2 Å². The third-order valence-electron chi connectivity index (χ3n) is 2.47. The molecule has 0 saturated heterocycles. The smallest absolute Gasteiger partial charge is 0.387 e. The average Bonchev–Trinajstić information content (AvgIpc) is 2.25. The lowest BCUT2D eigenvalue weighted by Crippen LogP contribution is -2.42. The molecule has 0 aromatic carbocycles. The van der Waals surface area contributed by atoms with Crippen molar-refractivity contribution in [1.29, 1.82) is 5.41 Å². The van der Waals surface area contributed by atoms with Crippen molar-refractivity contribution in [2.24, 2.45) is 11.7 Å². The van der Waals surface area contributed by atoms with E-state index in [9.17, 15) is 13.2 Å². The second-order valence-corrected chi connectivity index (χ2v) is 4.10. The molecule has 4 nitrogen and oxygen atoms in total. The zero-order chi connectivity index (χ0) is 13.8. The van der Waals surface area contributed by atoms with Gasteiger partial charge in [0, 0.05) is 25.5 Å². The van der Waals surface area contributed by atoms with Crippen LogP contribution in [0.3, 0.4) is 0 Å². The molecule has 0 aliphatic carbocycles. The molecule has 18 heavy (non-hydrogen) atoms.